The number of carboxylic acids is 1. The Morgan fingerprint density at radius 1 is 1.14 bits per heavy atom. The van der Waals surface area contributed by atoms with Crippen LogP contribution in [0.15, 0.2) is 0 Å². The van der Waals surface area contributed by atoms with E-state index < -0.39 is 47.8 Å². The van der Waals surface area contributed by atoms with Crippen molar-refractivity contribution in [2.24, 2.45) is 11.8 Å². The van der Waals surface area contributed by atoms with Crippen LogP contribution in [0, 0.1) is 11.8 Å². The van der Waals surface area contributed by atoms with Gasteiger partial charge >= 0.3 is 18.2 Å². The summed E-state index contributed by atoms with van der Waals surface area (Å²) >= 11 is 0. The maximum absolute atomic E-state index is 13.2. The summed E-state index contributed by atoms with van der Waals surface area (Å²) in [6, 6.07) is -2.10. The lowest BCUT2D eigenvalue weighted by Gasteiger charge is -2.28. The second-order valence-corrected chi connectivity index (χ2v) is 6.53. The molecule has 2 aliphatic rings. The van der Waals surface area contributed by atoms with Gasteiger partial charge in [-0.2, -0.15) is 13.2 Å². The molecule has 0 unspecified atom stereocenters. The molecule has 21 heavy (non-hydrogen) atoms. The summed E-state index contributed by atoms with van der Waals surface area (Å²) in [4.78, 5) is 24.3. The van der Waals surface area contributed by atoms with Gasteiger partial charge in [0.25, 0.3) is 0 Å². The number of rotatable bonds is 1. The van der Waals surface area contributed by atoms with Crippen LogP contribution >= 0.6 is 0 Å². The molecule has 0 radical (unpaired) electrons. The van der Waals surface area contributed by atoms with E-state index in [1.54, 1.807) is 20.8 Å². The zero-order valence-corrected chi connectivity index (χ0v) is 12.0. The first-order valence-electron chi connectivity index (χ1n) is 6.74. The fourth-order valence-electron chi connectivity index (χ4n) is 3.37. The van der Waals surface area contributed by atoms with Gasteiger partial charge in [0.15, 0.2) is 0 Å². The van der Waals surface area contributed by atoms with Gasteiger partial charge in [0, 0.05) is 12.1 Å². The fraction of sp³-hybridized carbons (Fsp3) is 0.846. The smallest absolute Gasteiger partial charge is 0.410 e. The van der Waals surface area contributed by atoms with Crippen molar-refractivity contribution in [3.8, 4) is 0 Å². The Labute approximate surface area is 120 Å². The van der Waals surface area contributed by atoms with Crippen molar-refractivity contribution in [1.82, 2.24) is 4.90 Å². The highest BCUT2D eigenvalue weighted by Gasteiger charge is 2.66. The van der Waals surface area contributed by atoms with E-state index in [1.165, 1.54) is 0 Å². The van der Waals surface area contributed by atoms with E-state index in [1.807, 2.05) is 0 Å². The van der Waals surface area contributed by atoms with Gasteiger partial charge in [-0.25, -0.2) is 4.79 Å². The number of carbonyl (C=O) groups excluding carboxylic acids is 1. The molecule has 2 bridgehead atoms. The first kappa shape index (κ1) is 15.9. The predicted octanol–water partition coefficient (Wildman–Crippen LogP) is 2.65. The number of halogens is 3. The topological polar surface area (TPSA) is 66.8 Å². The third-order valence-electron chi connectivity index (χ3n) is 3.96. The van der Waals surface area contributed by atoms with E-state index in [-0.39, 0.29) is 12.8 Å². The second kappa shape index (κ2) is 4.78. The molecule has 2 saturated heterocycles. The number of fused-ring (bicyclic) bond motifs is 2. The SMILES string of the molecule is CC(C)(C)OC(=O)N1[C@@H]2CC[C@H]1[C@H](C(F)(F)F)[C@@H]2C(=O)O. The number of carbonyl (C=O) groups is 2. The molecule has 2 rings (SSSR count). The van der Waals surface area contributed by atoms with Crippen molar-refractivity contribution in [2.45, 2.75) is 57.5 Å². The van der Waals surface area contributed by atoms with Crippen LogP contribution in [0.1, 0.15) is 33.6 Å². The summed E-state index contributed by atoms with van der Waals surface area (Å²) in [5, 5.41) is 9.12. The minimum atomic E-state index is -4.65. The lowest BCUT2D eigenvalue weighted by molar-refractivity contribution is -0.199. The van der Waals surface area contributed by atoms with Crippen molar-refractivity contribution in [3.05, 3.63) is 0 Å². The van der Waals surface area contributed by atoms with Crippen LogP contribution in [-0.4, -0.2) is 45.9 Å². The lowest BCUT2D eigenvalue weighted by Crippen LogP contribution is -2.43. The molecule has 1 N–H and O–H groups in total. The number of nitrogens with zero attached hydrogens (tertiary/aromatic N) is 1. The Morgan fingerprint density at radius 2 is 1.67 bits per heavy atom. The molecule has 0 aromatic rings. The van der Waals surface area contributed by atoms with Crippen molar-refractivity contribution in [3.63, 3.8) is 0 Å². The molecular formula is C13H18F3NO4. The molecule has 5 nitrogen and oxygen atoms in total. The molecule has 4 atom stereocenters. The Morgan fingerprint density at radius 3 is 2.05 bits per heavy atom. The van der Waals surface area contributed by atoms with Gasteiger partial charge in [0.1, 0.15) is 5.60 Å². The molecule has 0 aromatic heterocycles. The van der Waals surface area contributed by atoms with Crippen molar-refractivity contribution >= 4 is 12.1 Å². The number of hydrogen-bond acceptors (Lipinski definition) is 3. The van der Waals surface area contributed by atoms with Crippen LogP contribution in [0.3, 0.4) is 0 Å². The number of aliphatic carboxylic acids is 1. The summed E-state index contributed by atoms with van der Waals surface area (Å²) in [6.45, 7) is 4.83. The highest BCUT2D eigenvalue weighted by molar-refractivity contribution is 5.77. The summed E-state index contributed by atoms with van der Waals surface area (Å²) in [5.41, 5.74) is -0.842. The van der Waals surface area contributed by atoms with Crippen LogP contribution in [0.25, 0.3) is 0 Å². The number of alkyl halides is 3. The normalized spacial score (nSPS) is 32.4. The maximum Gasteiger partial charge on any atom is 0.410 e. The molecular weight excluding hydrogens is 291 g/mol. The third kappa shape index (κ3) is 2.80. The van der Waals surface area contributed by atoms with E-state index >= 15 is 0 Å². The molecule has 120 valence electrons. The molecule has 8 heteroatoms. The minimum Gasteiger partial charge on any atom is -0.481 e. The standard InChI is InChI=1S/C13H18F3NO4/c1-12(2,3)21-11(20)17-6-4-5-7(17)9(13(14,15)16)8(6)10(18)19/h6-9H,4-5H2,1-3H3,(H,18,19)/t6-,7+,8-,9+/m1/s1. The number of amides is 1. The van der Waals surface area contributed by atoms with Crippen LogP contribution in [0.2, 0.25) is 0 Å². The van der Waals surface area contributed by atoms with Crippen LogP contribution in [-0.2, 0) is 9.53 Å². The quantitative estimate of drug-likeness (QED) is 0.808. The monoisotopic (exact) mass is 309 g/mol. The average molecular weight is 309 g/mol. The van der Waals surface area contributed by atoms with Gasteiger partial charge in [-0.1, -0.05) is 0 Å². The van der Waals surface area contributed by atoms with E-state index in [4.69, 9.17) is 9.84 Å². The van der Waals surface area contributed by atoms with E-state index in [0.29, 0.717) is 0 Å². The van der Waals surface area contributed by atoms with Gasteiger partial charge in [-0.3, -0.25) is 4.79 Å². The highest BCUT2D eigenvalue weighted by atomic mass is 19.4. The minimum absolute atomic E-state index is 0.151. The largest absolute Gasteiger partial charge is 0.481 e. The molecule has 2 aliphatic heterocycles. The number of carboxylic acid groups (broad SMARTS) is 1. The lowest BCUT2D eigenvalue weighted by atomic mass is 9.79. The van der Waals surface area contributed by atoms with E-state index in [2.05, 4.69) is 0 Å². The molecule has 0 spiro atoms. The van der Waals surface area contributed by atoms with Crippen LogP contribution in [0.5, 0.6) is 0 Å². The Bertz CT molecular complexity index is 457. The first-order chi connectivity index (χ1) is 9.43. The van der Waals surface area contributed by atoms with Gasteiger partial charge < -0.3 is 14.7 Å². The summed E-state index contributed by atoms with van der Waals surface area (Å²) in [6.07, 6.45) is -5.11. The number of hydrogen-bond donors (Lipinski definition) is 1. The van der Waals surface area contributed by atoms with Gasteiger partial charge in [-0.15, -0.1) is 0 Å². The summed E-state index contributed by atoms with van der Waals surface area (Å²) in [7, 11) is 0. The van der Waals surface area contributed by atoms with Crippen LogP contribution < -0.4 is 0 Å². The molecule has 0 saturated carbocycles. The Kier molecular flexibility index (Phi) is 3.62. The summed E-state index contributed by atoms with van der Waals surface area (Å²) < 4.78 is 44.6. The Hall–Kier alpha value is -1.47. The van der Waals surface area contributed by atoms with Crippen molar-refractivity contribution < 1.29 is 32.6 Å². The van der Waals surface area contributed by atoms with Gasteiger partial charge in [0.2, 0.25) is 0 Å². The zero-order chi connectivity index (χ0) is 16.2. The molecule has 0 aromatic carbocycles. The Balaban J connectivity index is 2.30. The second-order valence-electron chi connectivity index (χ2n) is 6.53. The van der Waals surface area contributed by atoms with Crippen LogP contribution in [0.4, 0.5) is 18.0 Å². The fourth-order valence-corrected chi connectivity index (χ4v) is 3.37. The zero-order valence-electron chi connectivity index (χ0n) is 12.0. The molecule has 1 amide bonds. The van der Waals surface area contributed by atoms with Gasteiger partial charge in [0.05, 0.1) is 11.8 Å². The average Bonchev–Trinajstić information content (AvgIpc) is 2.79. The molecule has 0 aliphatic carbocycles. The number of ether oxygens (including phenoxy) is 1. The highest BCUT2D eigenvalue weighted by Crippen LogP contribution is 2.52. The van der Waals surface area contributed by atoms with E-state index in [9.17, 15) is 22.8 Å². The van der Waals surface area contributed by atoms with Crippen molar-refractivity contribution in [2.75, 3.05) is 0 Å². The third-order valence-corrected chi connectivity index (χ3v) is 3.96. The maximum atomic E-state index is 13.2. The van der Waals surface area contributed by atoms with Gasteiger partial charge in [-0.05, 0) is 33.6 Å². The summed E-state index contributed by atoms with van der Waals surface area (Å²) in [5.74, 6) is -5.16. The van der Waals surface area contributed by atoms with E-state index in [0.717, 1.165) is 4.90 Å². The molecule has 2 fully saturated rings. The predicted molar refractivity (Wildman–Crippen MR) is 65.6 cm³/mol. The first-order valence-corrected chi connectivity index (χ1v) is 6.74. The molecule has 2 heterocycles. The van der Waals surface area contributed by atoms with Crippen molar-refractivity contribution in [1.29, 1.82) is 0 Å².